The van der Waals surface area contributed by atoms with E-state index < -0.39 is 0 Å². The first-order valence-corrected chi connectivity index (χ1v) is 10.1. The molecule has 0 radical (unpaired) electrons. The lowest BCUT2D eigenvalue weighted by atomic mass is 10.0. The summed E-state index contributed by atoms with van der Waals surface area (Å²) >= 11 is 0. The number of amides is 2. The third kappa shape index (κ3) is 4.39. The fourth-order valence-electron chi connectivity index (χ4n) is 3.69. The van der Waals surface area contributed by atoms with Gasteiger partial charge in [-0.3, -0.25) is 10.2 Å². The number of anilines is 1. The quantitative estimate of drug-likeness (QED) is 0.560. The number of para-hydroxylation sites is 1. The molecule has 0 saturated carbocycles. The second-order valence-corrected chi connectivity index (χ2v) is 7.85. The summed E-state index contributed by atoms with van der Waals surface area (Å²) in [6, 6.07) is 11.6. The Hall–Kier alpha value is -3.10. The van der Waals surface area contributed by atoms with Crippen molar-refractivity contribution in [3.05, 3.63) is 42.6 Å². The summed E-state index contributed by atoms with van der Waals surface area (Å²) in [5.41, 5.74) is 2.72. The molecule has 30 heavy (non-hydrogen) atoms. The van der Waals surface area contributed by atoms with Gasteiger partial charge in [-0.25, -0.2) is 9.78 Å². The Labute approximate surface area is 176 Å². The van der Waals surface area contributed by atoms with E-state index in [9.17, 15) is 4.79 Å². The number of carbonyl (C=O) groups excluding carboxylic acids is 1. The third-order valence-electron chi connectivity index (χ3n) is 5.33. The van der Waals surface area contributed by atoms with Gasteiger partial charge >= 0.3 is 6.03 Å². The van der Waals surface area contributed by atoms with Crippen LogP contribution in [0.1, 0.15) is 0 Å². The number of carbonyl (C=O) groups is 1. The van der Waals surface area contributed by atoms with Gasteiger partial charge in [0.15, 0.2) is 0 Å². The molecule has 2 aromatic heterocycles. The number of benzene rings is 1. The lowest BCUT2D eigenvalue weighted by Crippen LogP contribution is -2.60. The zero-order valence-electron chi connectivity index (χ0n) is 17.6. The van der Waals surface area contributed by atoms with Crippen LogP contribution in [0.15, 0.2) is 42.6 Å². The van der Waals surface area contributed by atoms with Crippen molar-refractivity contribution in [3.8, 4) is 16.9 Å². The second-order valence-electron chi connectivity index (χ2n) is 7.85. The molecule has 8 heteroatoms. The third-order valence-corrected chi connectivity index (χ3v) is 5.33. The van der Waals surface area contributed by atoms with Crippen LogP contribution in [0.25, 0.3) is 22.2 Å². The van der Waals surface area contributed by atoms with Crippen molar-refractivity contribution in [2.75, 3.05) is 52.7 Å². The van der Waals surface area contributed by atoms with Gasteiger partial charge in [0.1, 0.15) is 17.2 Å². The van der Waals surface area contributed by atoms with Gasteiger partial charge in [0.2, 0.25) is 0 Å². The minimum absolute atomic E-state index is 0.179. The molecule has 3 heterocycles. The first-order chi connectivity index (χ1) is 14.5. The molecule has 0 aliphatic carbocycles. The lowest BCUT2D eigenvalue weighted by molar-refractivity contribution is 0.121. The maximum atomic E-state index is 12.3. The van der Waals surface area contributed by atoms with E-state index in [-0.39, 0.29) is 12.1 Å². The predicted octanol–water partition coefficient (Wildman–Crippen LogP) is 2.61. The Bertz CT molecular complexity index is 1030. The summed E-state index contributed by atoms with van der Waals surface area (Å²) in [7, 11) is 5.79. The zero-order chi connectivity index (χ0) is 21.1. The van der Waals surface area contributed by atoms with Gasteiger partial charge in [0.05, 0.1) is 13.2 Å². The first kappa shape index (κ1) is 20.2. The van der Waals surface area contributed by atoms with E-state index in [4.69, 9.17) is 4.74 Å². The average molecular weight is 409 g/mol. The number of ether oxygens (including phenoxy) is 1. The molecule has 0 unspecified atom stereocenters. The van der Waals surface area contributed by atoms with Crippen molar-refractivity contribution in [2.24, 2.45) is 0 Å². The van der Waals surface area contributed by atoms with E-state index in [2.05, 4.69) is 44.5 Å². The van der Waals surface area contributed by atoms with Gasteiger partial charge in [-0.15, -0.1) is 0 Å². The highest BCUT2D eigenvalue weighted by Crippen LogP contribution is 2.34. The predicted molar refractivity (Wildman–Crippen MR) is 119 cm³/mol. The van der Waals surface area contributed by atoms with E-state index in [0.29, 0.717) is 11.5 Å². The Morgan fingerprint density at radius 2 is 2.03 bits per heavy atom. The molecular weight excluding hydrogens is 380 g/mol. The van der Waals surface area contributed by atoms with Crippen molar-refractivity contribution in [1.29, 1.82) is 0 Å². The number of likely N-dealkylation sites (tertiary alicyclic amines) is 1. The van der Waals surface area contributed by atoms with Crippen LogP contribution in [0, 0.1) is 0 Å². The number of fused-ring (bicyclic) bond motifs is 1. The Balaban J connectivity index is 1.37. The van der Waals surface area contributed by atoms with Gasteiger partial charge in [-0.2, -0.15) is 0 Å². The summed E-state index contributed by atoms with van der Waals surface area (Å²) in [5.74, 6) is 1.32. The molecular formula is C22H28N6O2. The van der Waals surface area contributed by atoms with Gasteiger partial charge in [0.25, 0.3) is 0 Å². The number of hydrogen-bond donors (Lipinski definition) is 3. The van der Waals surface area contributed by atoms with E-state index >= 15 is 0 Å². The van der Waals surface area contributed by atoms with E-state index in [0.717, 1.165) is 48.4 Å². The number of nitrogens with one attached hydrogen (secondary N) is 3. The number of aromatic nitrogens is 2. The Morgan fingerprint density at radius 3 is 2.80 bits per heavy atom. The van der Waals surface area contributed by atoms with E-state index in [1.165, 1.54) is 0 Å². The SMILES string of the molecule is COc1ccccc1-c1c[nH]c2nc(NC(=O)NC3CN(CCN(C)C)C3)ccc12. The maximum Gasteiger partial charge on any atom is 0.320 e. The summed E-state index contributed by atoms with van der Waals surface area (Å²) in [4.78, 5) is 24.5. The topological polar surface area (TPSA) is 85.5 Å². The van der Waals surface area contributed by atoms with Crippen LogP contribution in [-0.4, -0.2) is 79.2 Å². The van der Waals surface area contributed by atoms with Crippen molar-refractivity contribution in [1.82, 2.24) is 25.1 Å². The van der Waals surface area contributed by atoms with E-state index in [1.54, 1.807) is 7.11 Å². The molecule has 3 N–H and O–H groups in total. The van der Waals surface area contributed by atoms with Crippen LogP contribution in [0.3, 0.4) is 0 Å². The van der Waals surface area contributed by atoms with Crippen LogP contribution >= 0.6 is 0 Å². The van der Waals surface area contributed by atoms with Crippen LogP contribution in [-0.2, 0) is 0 Å². The van der Waals surface area contributed by atoms with E-state index in [1.807, 2.05) is 42.6 Å². The lowest BCUT2D eigenvalue weighted by Gasteiger charge is -2.39. The normalized spacial score (nSPS) is 14.7. The number of H-pyrrole nitrogens is 1. The fourth-order valence-corrected chi connectivity index (χ4v) is 3.69. The highest BCUT2D eigenvalue weighted by molar-refractivity contribution is 5.97. The summed E-state index contributed by atoms with van der Waals surface area (Å²) < 4.78 is 5.48. The smallest absolute Gasteiger partial charge is 0.320 e. The monoisotopic (exact) mass is 408 g/mol. The fraction of sp³-hybridized carbons (Fsp3) is 0.364. The number of methoxy groups -OCH3 is 1. The first-order valence-electron chi connectivity index (χ1n) is 10.1. The summed E-state index contributed by atoms with van der Waals surface area (Å²) in [6.07, 6.45) is 1.91. The molecule has 4 rings (SSSR count). The van der Waals surface area contributed by atoms with Crippen molar-refractivity contribution >= 4 is 22.9 Å². The van der Waals surface area contributed by atoms with Crippen molar-refractivity contribution < 1.29 is 9.53 Å². The summed E-state index contributed by atoms with van der Waals surface area (Å²) in [5, 5.41) is 6.81. The second kappa shape index (κ2) is 8.73. The van der Waals surface area contributed by atoms with Gasteiger partial charge in [0, 0.05) is 48.9 Å². The number of nitrogens with zero attached hydrogens (tertiary/aromatic N) is 3. The molecule has 1 aliphatic heterocycles. The number of hydrogen-bond acceptors (Lipinski definition) is 5. The molecule has 3 aromatic rings. The molecule has 2 amide bonds. The minimum atomic E-state index is -0.226. The minimum Gasteiger partial charge on any atom is -0.496 e. The van der Waals surface area contributed by atoms with Gasteiger partial charge < -0.3 is 19.9 Å². The van der Waals surface area contributed by atoms with Gasteiger partial charge in [-0.05, 0) is 32.3 Å². The van der Waals surface area contributed by atoms with Crippen molar-refractivity contribution in [2.45, 2.75) is 6.04 Å². The van der Waals surface area contributed by atoms with Crippen molar-refractivity contribution in [3.63, 3.8) is 0 Å². The molecule has 0 spiro atoms. The molecule has 1 aromatic carbocycles. The molecule has 0 atom stereocenters. The molecule has 1 aliphatic rings. The number of likely N-dealkylation sites (N-methyl/N-ethyl adjacent to an activating group) is 1. The molecule has 158 valence electrons. The van der Waals surface area contributed by atoms with Gasteiger partial charge in [-0.1, -0.05) is 18.2 Å². The average Bonchev–Trinajstić information content (AvgIpc) is 3.12. The van der Waals surface area contributed by atoms with Crippen LogP contribution in [0.4, 0.5) is 10.6 Å². The zero-order valence-corrected chi connectivity index (χ0v) is 17.6. The Kier molecular flexibility index (Phi) is 5.87. The molecule has 8 nitrogen and oxygen atoms in total. The molecule has 1 fully saturated rings. The number of urea groups is 1. The number of aromatic amines is 1. The highest BCUT2D eigenvalue weighted by atomic mass is 16.5. The van der Waals surface area contributed by atoms with Crippen LogP contribution in [0.2, 0.25) is 0 Å². The molecule has 1 saturated heterocycles. The highest BCUT2D eigenvalue weighted by Gasteiger charge is 2.27. The maximum absolute atomic E-state index is 12.3. The summed E-state index contributed by atoms with van der Waals surface area (Å²) in [6.45, 7) is 3.81. The Morgan fingerprint density at radius 1 is 1.23 bits per heavy atom. The standard InChI is InChI=1S/C22H28N6O2/c1-27(2)10-11-28-13-15(14-28)24-22(29)26-20-9-8-17-18(12-23-21(17)25-20)16-6-4-5-7-19(16)30-3/h4-9,12,15H,10-11,13-14H2,1-3H3,(H3,23,24,25,26,29). The molecule has 0 bridgehead atoms. The van der Waals surface area contributed by atoms with Crippen LogP contribution < -0.4 is 15.4 Å². The number of pyridine rings is 1. The largest absolute Gasteiger partial charge is 0.496 e. The van der Waals surface area contributed by atoms with Crippen LogP contribution in [0.5, 0.6) is 5.75 Å². The number of rotatable bonds is 7.